The van der Waals surface area contributed by atoms with Crippen molar-refractivity contribution in [1.82, 2.24) is 5.16 Å². The molecule has 90 valence electrons. The van der Waals surface area contributed by atoms with Crippen LogP contribution in [0.2, 0.25) is 0 Å². The molecular formula is C11H11FN2O3. The second kappa shape index (κ2) is 3.97. The summed E-state index contributed by atoms with van der Waals surface area (Å²) in [5, 5.41) is 13.2. The molecule has 0 aliphatic heterocycles. The highest BCUT2D eigenvalue weighted by molar-refractivity contribution is 5.68. The minimum Gasteiger partial charge on any atom is -0.502 e. The summed E-state index contributed by atoms with van der Waals surface area (Å²) in [5.74, 6) is -1.19. The van der Waals surface area contributed by atoms with Crippen LogP contribution in [0.4, 0.5) is 10.3 Å². The molecular weight excluding hydrogens is 227 g/mol. The normalized spacial score (nSPS) is 10.5. The number of phenols is 1. The van der Waals surface area contributed by atoms with E-state index in [2.05, 4.69) is 9.68 Å². The summed E-state index contributed by atoms with van der Waals surface area (Å²) < 4.78 is 23.4. The standard InChI is InChI=1S/C11H11FN2O3/c1-5-3-6(7-4-8(13)17-14-7)9(12)10(15)11(5)16-2/h3-4,15H,13H2,1-2H3. The molecule has 5 nitrogen and oxygen atoms in total. The molecule has 1 aromatic carbocycles. The third-order valence-corrected chi connectivity index (χ3v) is 2.39. The molecule has 1 heterocycles. The van der Waals surface area contributed by atoms with Crippen LogP contribution in [-0.2, 0) is 0 Å². The van der Waals surface area contributed by atoms with E-state index >= 15 is 0 Å². The minimum atomic E-state index is -0.819. The summed E-state index contributed by atoms with van der Waals surface area (Å²) in [5.41, 5.74) is 6.28. The number of nitrogen functional groups attached to an aromatic ring is 1. The Bertz CT molecular complexity index is 566. The van der Waals surface area contributed by atoms with Gasteiger partial charge in [-0.05, 0) is 18.6 Å². The Balaban J connectivity index is 2.64. The Morgan fingerprint density at radius 3 is 2.71 bits per heavy atom. The van der Waals surface area contributed by atoms with Crippen molar-refractivity contribution in [1.29, 1.82) is 0 Å². The lowest BCUT2D eigenvalue weighted by Crippen LogP contribution is -1.94. The van der Waals surface area contributed by atoms with Gasteiger partial charge < -0.3 is 20.1 Å². The number of benzene rings is 1. The van der Waals surface area contributed by atoms with E-state index in [4.69, 9.17) is 10.5 Å². The largest absolute Gasteiger partial charge is 0.502 e. The molecule has 0 bridgehead atoms. The predicted octanol–water partition coefficient (Wildman–Crippen LogP) is 2.09. The minimum absolute atomic E-state index is 0.0763. The average Bonchev–Trinajstić information content (AvgIpc) is 2.71. The highest BCUT2D eigenvalue weighted by atomic mass is 19.1. The fraction of sp³-hybridized carbons (Fsp3) is 0.182. The van der Waals surface area contributed by atoms with E-state index in [-0.39, 0.29) is 22.9 Å². The summed E-state index contributed by atoms with van der Waals surface area (Å²) in [4.78, 5) is 0. The average molecular weight is 238 g/mol. The maximum Gasteiger partial charge on any atom is 0.222 e. The molecule has 17 heavy (non-hydrogen) atoms. The first kappa shape index (κ1) is 11.3. The van der Waals surface area contributed by atoms with Crippen LogP contribution in [0.25, 0.3) is 11.3 Å². The zero-order valence-corrected chi connectivity index (χ0v) is 9.32. The second-order valence-corrected chi connectivity index (χ2v) is 3.55. The van der Waals surface area contributed by atoms with Crippen LogP contribution in [-0.4, -0.2) is 17.4 Å². The molecule has 2 aromatic rings. The Kier molecular flexibility index (Phi) is 2.63. The lowest BCUT2D eigenvalue weighted by Gasteiger charge is -2.10. The molecule has 0 saturated carbocycles. The molecule has 0 aliphatic rings. The predicted molar refractivity (Wildman–Crippen MR) is 59.3 cm³/mol. The van der Waals surface area contributed by atoms with Gasteiger partial charge in [-0.25, -0.2) is 4.39 Å². The number of nitrogens with zero attached hydrogens (tertiary/aromatic N) is 1. The van der Waals surface area contributed by atoms with E-state index in [1.807, 2.05) is 0 Å². The number of hydrogen-bond donors (Lipinski definition) is 2. The highest BCUT2D eigenvalue weighted by Crippen LogP contribution is 2.38. The molecule has 0 spiro atoms. The van der Waals surface area contributed by atoms with Crippen molar-refractivity contribution >= 4 is 5.88 Å². The van der Waals surface area contributed by atoms with Crippen molar-refractivity contribution in [2.24, 2.45) is 0 Å². The smallest absolute Gasteiger partial charge is 0.222 e. The zero-order valence-electron chi connectivity index (χ0n) is 9.32. The zero-order chi connectivity index (χ0) is 12.6. The van der Waals surface area contributed by atoms with E-state index in [1.165, 1.54) is 19.2 Å². The van der Waals surface area contributed by atoms with Crippen LogP contribution in [0.5, 0.6) is 11.5 Å². The first-order valence-electron chi connectivity index (χ1n) is 4.83. The lowest BCUT2D eigenvalue weighted by molar-refractivity contribution is 0.355. The quantitative estimate of drug-likeness (QED) is 0.837. The van der Waals surface area contributed by atoms with Gasteiger partial charge in [0.1, 0.15) is 5.69 Å². The van der Waals surface area contributed by atoms with Crippen molar-refractivity contribution in [3.63, 3.8) is 0 Å². The lowest BCUT2D eigenvalue weighted by atomic mass is 10.1. The number of anilines is 1. The number of aromatic nitrogens is 1. The van der Waals surface area contributed by atoms with Crippen molar-refractivity contribution in [3.8, 4) is 22.8 Å². The van der Waals surface area contributed by atoms with Gasteiger partial charge >= 0.3 is 0 Å². The molecule has 0 atom stereocenters. The van der Waals surface area contributed by atoms with Gasteiger partial charge in [0.2, 0.25) is 5.88 Å². The number of hydrogen-bond acceptors (Lipinski definition) is 5. The number of aromatic hydroxyl groups is 1. The second-order valence-electron chi connectivity index (χ2n) is 3.55. The number of rotatable bonds is 2. The number of phenolic OH excluding ortho intramolecular Hbond substituents is 1. The molecule has 0 radical (unpaired) electrons. The number of ether oxygens (including phenoxy) is 1. The van der Waals surface area contributed by atoms with Crippen molar-refractivity contribution < 1.29 is 18.8 Å². The van der Waals surface area contributed by atoms with Gasteiger partial charge in [0.05, 0.1) is 7.11 Å². The fourth-order valence-electron chi connectivity index (χ4n) is 1.62. The Morgan fingerprint density at radius 1 is 1.47 bits per heavy atom. The van der Waals surface area contributed by atoms with Gasteiger partial charge in [0.15, 0.2) is 17.3 Å². The Labute approximate surface area is 96.6 Å². The van der Waals surface area contributed by atoms with Gasteiger partial charge in [0.25, 0.3) is 0 Å². The van der Waals surface area contributed by atoms with Gasteiger partial charge in [-0.1, -0.05) is 5.16 Å². The number of methoxy groups -OCH3 is 1. The topological polar surface area (TPSA) is 81.5 Å². The van der Waals surface area contributed by atoms with Gasteiger partial charge in [-0.3, -0.25) is 0 Å². The Hall–Kier alpha value is -2.24. The summed E-state index contributed by atoms with van der Waals surface area (Å²) in [6.07, 6.45) is 0. The maximum absolute atomic E-state index is 13.9. The molecule has 2 rings (SSSR count). The monoisotopic (exact) mass is 238 g/mol. The van der Waals surface area contributed by atoms with E-state index in [9.17, 15) is 9.50 Å². The highest BCUT2D eigenvalue weighted by Gasteiger charge is 2.19. The van der Waals surface area contributed by atoms with Crippen LogP contribution >= 0.6 is 0 Å². The Morgan fingerprint density at radius 2 is 2.18 bits per heavy atom. The van der Waals surface area contributed by atoms with Gasteiger partial charge in [-0.15, -0.1) is 0 Å². The van der Waals surface area contributed by atoms with Crippen molar-refractivity contribution in [3.05, 3.63) is 23.5 Å². The van der Waals surface area contributed by atoms with Crippen LogP contribution < -0.4 is 10.5 Å². The molecule has 3 N–H and O–H groups in total. The molecule has 0 unspecified atom stereocenters. The summed E-state index contributed by atoms with van der Waals surface area (Å²) in [6, 6.07) is 2.88. The molecule has 1 aromatic heterocycles. The summed E-state index contributed by atoms with van der Waals surface area (Å²) in [6.45, 7) is 1.69. The van der Waals surface area contributed by atoms with Crippen LogP contribution in [0, 0.1) is 12.7 Å². The van der Waals surface area contributed by atoms with Crippen molar-refractivity contribution in [2.45, 2.75) is 6.92 Å². The summed E-state index contributed by atoms with van der Waals surface area (Å²) in [7, 11) is 1.36. The fourth-order valence-corrected chi connectivity index (χ4v) is 1.62. The van der Waals surface area contributed by atoms with Crippen LogP contribution in [0.15, 0.2) is 16.7 Å². The molecule has 0 aliphatic carbocycles. The number of aryl methyl sites for hydroxylation is 1. The van der Waals surface area contributed by atoms with E-state index in [0.717, 1.165) is 0 Å². The maximum atomic E-state index is 13.9. The third kappa shape index (κ3) is 1.77. The van der Waals surface area contributed by atoms with E-state index in [1.54, 1.807) is 6.92 Å². The molecule has 0 fully saturated rings. The molecule has 6 heteroatoms. The van der Waals surface area contributed by atoms with Crippen LogP contribution in [0.3, 0.4) is 0 Å². The first-order valence-corrected chi connectivity index (χ1v) is 4.83. The van der Waals surface area contributed by atoms with E-state index < -0.39 is 11.6 Å². The van der Waals surface area contributed by atoms with Crippen LogP contribution in [0.1, 0.15) is 5.56 Å². The molecule has 0 saturated heterocycles. The summed E-state index contributed by atoms with van der Waals surface area (Å²) >= 11 is 0. The first-order chi connectivity index (χ1) is 8.04. The third-order valence-electron chi connectivity index (χ3n) is 2.39. The number of halogens is 1. The molecule has 0 amide bonds. The number of nitrogens with two attached hydrogens (primary N) is 1. The van der Waals surface area contributed by atoms with Gasteiger partial charge in [-0.2, -0.15) is 0 Å². The SMILES string of the molecule is COc1c(C)cc(-c2cc(N)on2)c(F)c1O. The van der Waals surface area contributed by atoms with E-state index in [0.29, 0.717) is 5.56 Å². The van der Waals surface area contributed by atoms with Crippen molar-refractivity contribution in [2.75, 3.05) is 12.8 Å². The van der Waals surface area contributed by atoms with Gasteiger partial charge in [0, 0.05) is 11.6 Å².